The Balaban J connectivity index is 2.27. The Kier molecular flexibility index (Phi) is 3.71. The molecule has 0 radical (unpaired) electrons. The highest BCUT2D eigenvalue weighted by atomic mass is 32.1. The molecular weight excluding hydrogens is 260 g/mol. The Morgan fingerprint density at radius 3 is 2.79 bits per heavy atom. The van der Waals surface area contributed by atoms with Crippen molar-refractivity contribution in [2.45, 2.75) is 19.9 Å². The van der Waals surface area contributed by atoms with Crippen LogP contribution >= 0.6 is 11.3 Å². The summed E-state index contributed by atoms with van der Waals surface area (Å²) in [6.07, 6.45) is 1.83. The van der Waals surface area contributed by atoms with Gasteiger partial charge in [0.1, 0.15) is 5.01 Å². The SMILES string of the molecule is Cc1cnc(C(C)Nc2cc(N)ccc2C(N)=O)s1. The number of carbonyl (C=O) groups is 1. The van der Waals surface area contributed by atoms with Crippen molar-refractivity contribution in [3.63, 3.8) is 0 Å². The zero-order valence-electron chi connectivity index (χ0n) is 10.8. The molecule has 1 aromatic heterocycles. The molecule has 0 aliphatic heterocycles. The minimum absolute atomic E-state index is 0.0152. The fraction of sp³-hybridized carbons (Fsp3) is 0.231. The average Bonchev–Trinajstić information content (AvgIpc) is 2.75. The molecule has 19 heavy (non-hydrogen) atoms. The minimum Gasteiger partial charge on any atom is -0.399 e. The first-order chi connectivity index (χ1) is 8.97. The molecule has 2 rings (SSSR count). The van der Waals surface area contributed by atoms with Crippen molar-refractivity contribution < 1.29 is 4.79 Å². The van der Waals surface area contributed by atoms with Crippen molar-refractivity contribution >= 4 is 28.6 Å². The highest BCUT2D eigenvalue weighted by Crippen LogP contribution is 2.26. The number of hydrogen-bond donors (Lipinski definition) is 3. The molecule has 5 nitrogen and oxygen atoms in total. The molecule has 0 saturated heterocycles. The predicted octanol–water partition coefficient (Wildman–Crippen LogP) is 2.31. The van der Waals surface area contributed by atoms with E-state index in [1.165, 1.54) is 0 Å². The summed E-state index contributed by atoms with van der Waals surface area (Å²) in [7, 11) is 0. The Hall–Kier alpha value is -2.08. The topological polar surface area (TPSA) is 94.0 Å². The van der Waals surface area contributed by atoms with Gasteiger partial charge in [0.25, 0.3) is 5.91 Å². The van der Waals surface area contributed by atoms with Crippen LogP contribution in [0.3, 0.4) is 0 Å². The number of aryl methyl sites for hydroxylation is 1. The van der Waals surface area contributed by atoms with Crippen LogP contribution in [-0.2, 0) is 0 Å². The molecular formula is C13H16N4OS. The van der Waals surface area contributed by atoms with Crippen LogP contribution < -0.4 is 16.8 Å². The van der Waals surface area contributed by atoms with Crippen molar-refractivity contribution in [1.82, 2.24) is 4.98 Å². The van der Waals surface area contributed by atoms with E-state index in [-0.39, 0.29) is 6.04 Å². The molecule has 1 atom stereocenters. The number of primary amides is 1. The number of nitrogens with zero attached hydrogens (tertiary/aromatic N) is 1. The van der Waals surface area contributed by atoms with E-state index in [9.17, 15) is 4.79 Å². The van der Waals surface area contributed by atoms with E-state index in [0.29, 0.717) is 16.9 Å². The van der Waals surface area contributed by atoms with E-state index in [0.717, 1.165) is 9.88 Å². The van der Waals surface area contributed by atoms with Gasteiger partial charge < -0.3 is 16.8 Å². The summed E-state index contributed by atoms with van der Waals surface area (Å²) in [4.78, 5) is 16.8. The van der Waals surface area contributed by atoms with Crippen LogP contribution in [0.1, 0.15) is 33.2 Å². The quantitative estimate of drug-likeness (QED) is 0.747. The first-order valence-electron chi connectivity index (χ1n) is 5.85. The number of hydrogen-bond acceptors (Lipinski definition) is 5. The molecule has 0 fully saturated rings. The molecule has 6 heteroatoms. The van der Waals surface area contributed by atoms with Crippen molar-refractivity contribution in [3.05, 3.63) is 39.8 Å². The van der Waals surface area contributed by atoms with Gasteiger partial charge in [-0.1, -0.05) is 0 Å². The van der Waals surface area contributed by atoms with Crippen LogP contribution in [-0.4, -0.2) is 10.9 Å². The van der Waals surface area contributed by atoms with Gasteiger partial charge in [0.2, 0.25) is 0 Å². The molecule has 1 aromatic carbocycles. The van der Waals surface area contributed by atoms with Crippen LogP contribution in [0.15, 0.2) is 24.4 Å². The third-order valence-corrected chi connectivity index (χ3v) is 3.79. The first kappa shape index (κ1) is 13.4. The van der Waals surface area contributed by atoms with Gasteiger partial charge in [0.15, 0.2) is 0 Å². The maximum atomic E-state index is 11.4. The van der Waals surface area contributed by atoms with E-state index in [1.807, 2.05) is 20.0 Å². The number of rotatable bonds is 4. The van der Waals surface area contributed by atoms with Crippen molar-refractivity contribution in [3.8, 4) is 0 Å². The number of nitrogen functional groups attached to an aromatic ring is 1. The molecule has 1 unspecified atom stereocenters. The average molecular weight is 276 g/mol. The molecule has 100 valence electrons. The lowest BCUT2D eigenvalue weighted by Crippen LogP contribution is -2.16. The number of anilines is 2. The van der Waals surface area contributed by atoms with Gasteiger partial charge in [0.05, 0.1) is 11.6 Å². The summed E-state index contributed by atoms with van der Waals surface area (Å²) >= 11 is 1.61. The molecule has 0 saturated carbocycles. The highest BCUT2D eigenvalue weighted by Gasteiger charge is 2.14. The Morgan fingerprint density at radius 2 is 2.21 bits per heavy atom. The molecule has 1 amide bonds. The van der Waals surface area contributed by atoms with Gasteiger partial charge in [-0.05, 0) is 32.0 Å². The van der Waals surface area contributed by atoms with Crippen LogP contribution in [0.5, 0.6) is 0 Å². The second kappa shape index (κ2) is 5.27. The fourth-order valence-electron chi connectivity index (χ4n) is 1.76. The van der Waals surface area contributed by atoms with Crippen LogP contribution in [0.4, 0.5) is 11.4 Å². The number of thiazole rings is 1. The number of aromatic nitrogens is 1. The largest absolute Gasteiger partial charge is 0.399 e. The van der Waals surface area contributed by atoms with Gasteiger partial charge in [-0.2, -0.15) is 0 Å². The Morgan fingerprint density at radius 1 is 1.47 bits per heavy atom. The second-order valence-electron chi connectivity index (χ2n) is 4.34. The molecule has 0 bridgehead atoms. The van der Waals surface area contributed by atoms with Gasteiger partial charge >= 0.3 is 0 Å². The Bertz CT molecular complexity index is 608. The summed E-state index contributed by atoms with van der Waals surface area (Å²) in [6, 6.07) is 4.97. The van der Waals surface area contributed by atoms with Crippen molar-refractivity contribution in [1.29, 1.82) is 0 Å². The van der Waals surface area contributed by atoms with E-state index < -0.39 is 5.91 Å². The smallest absolute Gasteiger partial charge is 0.250 e. The van der Waals surface area contributed by atoms with Gasteiger partial charge in [0, 0.05) is 22.4 Å². The summed E-state index contributed by atoms with van der Waals surface area (Å²) in [5.41, 5.74) is 12.7. The minimum atomic E-state index is -0.481. The highest BCUT2D eigenvalue weighted by molar-refractivity contribution is 7.11. The van der Waals surface area contributed by atoms with Gasteiger partial charge in [-0.25, -0.2) is 4.98 Å². The van der Waals surface area contributed by atoms with E-state index >= 15 is 0 Å². The standard InChI is InChI=1S/C13H16N4OS/c1-7-6-16-13(19-7)8(2)17-11-5-9(14)3-4-10(11)12(15)18/h3-6,8,17H,14H2,1-2H3,(H2,15,18). The van der Waals surface area contributed by atoms with Gasteiger partial charge in [-0.3, -0.25) is 4.79 Å². The third-order valence-electron chi connectivity index (χ3n) is 2.69. The summed E-state index contributed by atoms with van der Waals surface area (Å²) < 4.78 is 0. The number of nitrogens with one attached hydrogen (secondary N) is 1. The molecule has 0 aliphatic rings. The number of amides is 1. The van der Waals surface area contributed by atoms with Crippen LogP contribution in [0.2, 0.25) is 0 Å². The molecule has 2 aromatic rings. The lowest BCUT2D eigenvalue weighted by atomic mass is 10.1. The predicted molar refractivity (Wildman–Crippen MR) is 78.3 cm³/mol. The Labute approximate surface area is 115 Å². The number of benzene rings is 1. The molecule has 0 aliphatic carbocycles. The van der Waals surface area contributed by atoms with Gasteiger partial charge in [-0.15, -0.1) is 11.3 Å². The van der Waals surface area contributed by atoms with Crippen LogP contribution in [0, 0.1) is 6.92 Å². The normalized spacial score (nSPS) is 12.1. The fourth-order valence-corrected chi connectivity index (χ4v) is 2.54. The maximum Gasteiger partial charge on any atom is 0.250 e. The van der Waals surface area contributed by atoms with E-state index in [1.54, 1.807) is 29.5 Å². The second-order valence-corrected chi connectivity index (χ2v) is 5.61. The molecule has 1 heterocycles. The molecule has 5 N–H and O–H groups in total. The number of nitrogens with two attached hydrogens (primary N) is 2. The summed E-state index contributed by atoms with van der Waals surface area (Å²) in [5.74, 6) is -0.481. The van der Waals surface area contributed by atoms with E-state index in [4.69, 9.17) is 11.5 Å². The lowest BCUT2D eigenvalue weighted by Gasteiger charge is -2.15. The number of carbonyl (C=O) groups excluding carboxylic acids is 1. The zero-order valence-corrected chi connectivity index (χ0v) is 11.6. The van der Waals surface area contributed by atoms with E-state index in [2.05, 4.69) is 10.3 Å². The third kappa shape index (κ3) is 3.03. The monoisotopic (exact) mass is 276 g/mol. The van der Waals surface area contributed by atoms with Crippen LogP contribution in [0.25, 0.3) is 0 Å². The van der Waals surface area contributed by atoms with Crippen molar-refractivity contribution in [2.24, 2.45) is 5.73 Å². The lowest BCUT2D eigenvalue weighted by molar-refractivity contribution is 0.100. The maximum absolute atomic E-state index is 11.4. The molecule has 0 spiro atoms. The zero-order chi connectivity index (χ0) is 14.0. The van der Waals surface area contributed by atoms with Crippen molar-refractivity contribution in [2.75, 3.05) is 11.1 Å². The summed E-state index contributed by atoms with van der Waals surface area (Å²) in [6.45, 7) is 3.98. The summed E-state index contributed by atoms with van der Waals surface area (Å²) in [5, 5.41) is 4.18. The first-order valence-corrected chi connectivity index (χ1v) is 6.67.